The normalized spacial score (nSPS) is 26.8. The van der Waals surface area contributed by atoms with Crippen molar-refractivity contribution in [3.05, 3.63) is 90.5 Å². The molecule has 3 fully saturated rings. The van der Waals surface area contributed by atoms with Gasteiger partial charge in [0.25, 0.3) is 5.91 Å². The first-order valence-corrected chi connectivity index (χ1v) is 17.3. The van der Waals surface area contributed by atoms with Gasteiger partial charge >= 0.3 is 5.97 Å². The molecule has 0 radical (unpaired) electrons. The molecule has 3 aliphatic rings. The third-order valence-corrected chi connectivity index (χ3v) is 10.6. The summed E-state index contributed by atoms with van der Waals surface area (Å²) in [7, 11) is 0. The number of fused-ring (bicyclic) bond motifs is 1. The van der Waals surface area contributed by atoms with Gasteiger partial charge in [-0.25, -0.2) is 0 Å². The third-order valence-electron chi connectivity index (χ3n) is 9.75. The third kappa shape index (κ3) is 6.35. The molecule has 3 heterocycles. The maximum Gasteiger partial charge on any atom is 0.313 e. The van der Waals surface area contributed by atoms with Crippen LogP contribution in [0.3, 0.4) is 0 Å². The minimum absolute atomic E-state index is 0.0343. The van der Waals surface area contributed by atoms with Crippen LogP contribution in [0.5, 0.6) is 0 Å². The van der Waals surface area contributed by atoms with Gasteiger partial charge in [-0.05, 0) is 50.3 Å². The van der Waals surface area contributed by atoms with Gasteiger partial charge < -0.3 is 29.7 Å². The van der Waals surface area contributed by atoms with Crippen LogP contribution in [0, 0.1) is 25.7 Å². The average molecular weight is 723 g/mol. The summed E-state index contributed by atoms with van der Waals surface area (Å²) in [6, 6.07) is 13.0. The molecule has 0 saturated carbocycles. The molecule has 2 aromatic rings. The van der Waals surface area contributed by atoms with Crippen LogP contribution in [-0.2, 0) is 28.7 Å². The number of nitrogens with one attached hydrogen (secondary N) is 1. The highest BCUT2D eigenvalue weighted by molar-refractivity contribution is 9.09. The standard InChI is InChI=1S/C37H44BrN3O7/c1-6-8-17-28(43)39-20-27(25-15-10-9-11-16-25)47-36(46)29-30-34(44)41(24(5)21-42)33(37(30)19-26(38)32(29)48-37)35(45)40(18-7-2)31-22(3)13-12-14-23(31)4/h6-7,9-16,24,26-27,29-30,32-33,42H,1-2,8,17-21H2,3-5H3,(H,39,43)/t24-,26?,27-,29-,30+,32-,33-,37+/m1/s1. The molecule has 0 aromatic heterocycles. The first-order chi connectivity index (χ1) is 23.0. The van der Waals surface area contributed by atoms with Crippen LogP contribution in [-0.4, -0.2) is 82.0 Å². The van der Waals surface area contributed by atoms with E-state index in [9.17, 15) is 24.3 Å². The average Bonchev–Trinajstić information content (AvgIpc) is 3.67. The predicted molar refractivity (Wildman–Crippen MR) is 185 cm³/mol. The van der Waals surface area contributed by atoms with Gasteiger partial charge in [0.05, 0.1) is 37.1 Å². The smallest absolute Gasteiger partial charge is 0.313 e. The Morgan fingerprint density at radius 1 is 1.15 bits per heavy atom. The molecule has 1 spiro atoms. The number of allylic oxidation sites excluding steroid dienone is 1. The van der Waals surface area contributed by atoms with E-state index in [2.05, 4.69) is 34.4 Å². The molecule has 48 heavy (non-hydrogen) atoms. The summed E-state index contributed by atoms with van der Waals surface area (Å²) >= 11 is 3.71. The van der Waals surface area contributed by atoms with E-state index in [-0.39, 0.29) is 42.8 Å². The zero-order chi connectivity index (χ0) is 34.7. The number of aryl methyl sites for hydroxylation is 2. The van der Waals surface area contributed by atoms with Gasteiger partial charge in [-0.1, -0.05) is 76.6 Å². The lowest BCUT2D eigenvalue weighted by Gasteiger charge is -2.39. The number of anilines is 1. The van der Waals surface area contributed by atoms with Gasteiger partial charge in [-0.15, -0.1) is 13.2 Å². The van der Waals surface area contributed by atoms with E-state index in [1.54, 1.807) is 24.0 Å². The number of aliphatic hydroxyl groups excluding tert-OH is 1. The lowest BCUT2D eigenvalue weighted by atomic mass is 9.70. The molecule has 11 heteroatoms. The molecule has 5 rings (SSSR count). The lowest BCUT2D eigenvalue weighted by molar-refractivity contribution is -0.160. The van der Waals surface area contributed by atoms with Crippen molar-refractivity contribution in [2.45, 2.75) is 74.8 Å². The Hall–Kier alpha value is -3.80. The summed E-state index contributed by atoms with van der Waals surface area (Å²) in [6.45, 7) is 12.9. The molecule has 10 nitrogen and oxygen atoms in total. The summed E-state index contributed by atoms with van der Waals surface area (Å²) < 4.78 is 12.8. The maximum atomic E-state index is 14.9. The number of esters is 1. The number of alkyl halides is 1. The van der Waals surface area contributed by atoms with Crippen molar-refractivity contribution < 1.29 is 33.8 Å². The van der Waals surface area contributed by atoms with Crippen LogP contribution in [0.1, 0.15) is 49.0 Å². The zero-order valence-electron chi connectivity index (χ0n) is 27.6. The Bertz CT molecular complexity index is 1550. The van der Waals surface area contributed by atoms with E-state index in [0.717, 1.165) is 11.1 Å². The highest BCUT2D eigenvalue weighted by Gasteiger charge is 2.77. The number of carbonyl (C=O) groups is 4. The van der Waals surface area contributed by atoms with E-state index in [1.165, 1.54) is 4.90 Å². The van der Waals surface area contributed by atoms with Crippen molar-refractivity contribution >= 4 is 45.3 Å². The summed E-state index contributed by atoms with van der Waals surface area (Å²) in [5, 5.41) is 13.1. The SMILES string of the molecule is C=CCCC(=O)NC[C@@H](OC(=O)[C@H]1[C@@H]2O[C@@]3(CC2Br)[C@@H]1C(=O)N([C@H](C)CO)[C@@H]3C(=O)N(CC=C)c1c(C)cccc1C)c1ccccc1. The van der Waals surface area contributed by atoms with Crippen LogP contribution >= 0.6 is 15.9 Å². The first-order valence-electron chi connectivity index (χ1n) is 16.4. The molecule has 2 bridgehead atoms. The molecule has 3 amide bonds. The predicted octanol–water partition coefficient (Wildman–Crippen LogP) is 4.32. The molecule has 256 valence electrons. The molecular formula is C37H44BrN3O7. The number of aliphatic hydroxyl groups is 1. The van der Waals surface area contributed by atoms with Crippen molar-refractivity contribution in [2.24, 2.45) is 11.8 Å². The van der Waals surface area contributed by atoms with Crippen molar-refractivity contribution in [3.63, 3.8) is 0 Å². The molecule has 8 atom stereocenters. The van der Waals surface area contributed by atoms with E-state index >= 15 is 0 Å². The maximum absolute atomic E-state index is 14.9. The molecular weight excluding hydrogens is 678 g/mol. The minimum Gasteiger partial charge on any atom is -0.455 e. The first kappa shape index (κ1) is 35.5. The fraction of sp³-hybridized carbons (Fsp3) is 0.459. The summed E-state index contributed by atoms with van der Waals surface area (Å²) in [5.41, 5.74) is 1.80. The van der Waals surface area contributed by atoms with E-state index in [0.29, 0.717) is 24.1 Å². The fourth-order valence-corrected chi connectivity index (χ4v) is 8.56. The van der Waals surface area contributed by atoms with Gasteiger partial charge in [0.1, 0.15) is 17.7 Å². The molecule has 3 saturated heterocycles. The summed E-state index contributed by atoms with van der Waals surface area (Å²) in [5.74, 6) is -3.72. The number of rotatable bonds is 14. The van der Waals surface area contributed by atoms with Crippen LogP contribution in [0.2, 0.25) is 0 Å². The topological polar surface area (TPSA) is 125 Å². The number of benzene rings is 2. The Morgan fingerprint density at radius 2 is 1.83 bits per heavy atom. The lowest BCUT2D eigenvalue weighted by Crippen LogP contribution is -2.59. The van der Waals surface area contributed by atoms with Crippen molar-refractivity contribution in [3.8, 4) is 0 Å². The van der Waals surface area contributed by atoms with Gasteiger partial charge in [-0.2, -0.15) is 0 Å². The molecule has 2 N–H and O–H groups in total. The highest BCUT2D eigenvalue weighted by atomic mass is 79.9. The molecule has 3 aliphatic heterocycles. The summed E-state index contributed by atoms with van der Waals surface area (Å²) in [4.78, 5) is 58.7. The Balaban J connectivity index is 1.51. The van der Waals surface area contributed by atoms with Crippen molar-refractivity contribution in [1.82, 2.24) is 10.2 Å². The number of nitrogens with zero attached hydrogens (tertiary/aromatic N) is 2. The van der Waals surface area contributed by atoms with Gasteiger partial charge in [0, 0.05) is 23.5 Å². The number of para-hydroxylation sites is 1. The number of halogens is 1. The number of amides is 3. The summed E-state index contributed by atoms with van der Waals surface area (Å²) in [6.07, 6.45) is 2.79. The second kappa shape index (κ2) is 14.8. The number of hydrogen-bond acceptors (Lipinski definition) is 7. The molecule has 1 unspecified atom stereocenters. The highest BCUT2D eigenvalue weighted by Crippen LogP contribution is 2.61. The Morgan fingerprint density at radius 3 is 2.46 bits per heavy atom. The molecule has 0 aliphatic carbocycles. The fourth-order valence-electron chi connectivity index (χ4n) is 7.62. The van der Waals surface area contributed by atoms with Gasteiger partial charge in [0.2, 0.25) is 11.8 Å². The number of hydrogen-bond donors (Lipinski definition) is 2. The quantitative estimate of drug-likeness (QED) is 0.169. The number of ether oxygens (including phenoxy) is 2. The van der Waals surface area contributed by atoms with Crippen LogP contribution in [0.4, 0.5) is 5.69 Å². The largest absolute Gasteiger partial charge is 0.455 e. The number of carbonyl (C=O) groups excluding carboxylic acids is 4. The zero-order valence-corrected chi connectivity index (χ0v) is 29.2. The monoisotopic (exact) mass is 721 g/mol. The minimum atomic E-state index is -1.35. The van der Waals surface area contributed by atoms with E-state index < -0.39 is 53.6 Å². The van der Waals surface area contributed by atoms with Gasteiger partial charge in [0.15, 0.2) is 0 Å². The van der Waals surface area contributed by atoms with Gasteiger partial charge in [-0.3, -0.25) is 19.2 Å². The molecule has 2 aromatic carbocycles. The second-order valence-electron chi connectivity index (χ2n) is 12.9. The van der Waals surface area contributed by atoms with E-state index in [1.807, 2.05) is 62.4 Å². The second-order valence-corrected chi connectivity index (χ2v) is 14.1. The van der Waals surface area contributed by atoms with Crippen LogP contribution in [0.25, 0.3) is 0 Å². The van der Waals surface area contributed by atoms with Crippen molar-refractivity contribution in [2.75, 3.05) is 24.6 Å². The van der Waals surface area contributed by atoms with Crippen LogP contribution in [0.15, 0.2) is 73.8 Å². The Labute approximate surface area is 290 Å². The Kier molecular flexibility index (Phi) is 10.9. The van der Waals surface area contributed by atoms with Crippen molar-refractivity contribution in [1.29, 1.82) is 0 Å². The number of likely N-dealkylation sites (tertiary alicyclic amines) is 1. The van der Waals surface area contributed by atoms with E-state index in [4.69, 9.17) is 9.47 Å². The van der Waals surface area contributed by atoms with Crippen LogP contribution < -0.4 is 10.2 Å².